The number of aryl methyl sites for hydroxylation is 1. The number of hydrogen-bond donors (Lipinski definition) is 2. The average molecular weight is 426 g/mol. The van der Waals surface area contributed by atoms with Gasteiger partial charge in [0.15, 0.2) is 0 Å². The Morgan fingerprint density at radius 1 is 1.07 bits per heavy atom. The lowest BCUT2D eigenvalue weighted by atomic mass is 10.2. The van der Waals surface area contributed by atoms with Gasteiger partial charge in [-0.1, -0.05) is 0 Å². The smallest absolute Gasteiger partial charge is 0.318 e. The van der Waals surface area contributed by atoms with Crippen molar-refractivity contribution in [2.24, 2.45) is 0 Å². The maximum absolute atomic E-state index is 12.5. The third-order valence-corrected chi connectivity index (χ3v) is 5.12. The Morgan fingerprint density at radius 2 is 1.72 bits per heavy atom. The van der Waals surface area contributed by atoms with Crippen molar-refractivity contribution >= 4 is 27.3 Å². The minimum absolute atomic E-state index is 0.187. The van der Waals surface area contributed by atoms with Crippen LogP contribution in [0.15, 0.2) is 53.7 Å². The normalized spacial score (nSPS) is 11.9. The predicted octanol–water partition coefficient (Wildman–Crippen LogP) is 2.27. The van der Waals surface area contributed by atoms with E-state index in [-0.39, 0.29) is 16.3 Å². The van der Waals surface area contributed by atoms with Crippen LogP contribution in [-0.2, 0) is 14.8 Å². The van der Waals surface area contributed by atoms with E-state index < -0.39 is 22.1 Å². The fourth-order valence-electron chi connectivity index (χ4n) is 2.38. The molecule has 0 bridgehead atoms. The van der Waals surface area contributed by atoms with Gasteiger partial charge < -0.3 is 5.32 Å². The molecule has 3 rings (SSSR count). The van der Waals surface area contributed by atoms with Gasteiger partial charge in [0.1, 0.15) is 6.33 Å². The van der Waals surface area contributed by atoms with Crippen LogP contribution >= 0.6 is 0 Å². The third-order valence-electron chi connectivity index (χ3n) is 3.72. The number of benzene rings is 2. The zero-order valence-corrected chi connectivity index (χ0v) is 15.5. The molecule has 0 unspecified atom stereocenters. The molecule has 0 aliphatic carbocycles. The van der Waals surface area contributed by atoms with Crippen LogP contribution in [0, 0.1) is 6.92 Å². The van der Waals surface area contributed by atoms with E-state index in [4.69, 9.17) is 0 Å². The second-order valence-electron chi connectivity index (χ2n) is 5.84. The van der Waals surface area contributed by atoms with Gasteiger partial charge in [-0.05, 0) is 65.4 Å². The van der Waals surface area contributed by atoms with E-state index in [1.54, 1.807) is 24.4 Å². The van der Waals surface area contributed by atoms with Crippen LogP contribution in [0.25, 0.3) is 5.69 Å². The van der Waals surface area contributed by atoms with E-state index in [9.17, 15) is 26.4 Å². The van der Waals surface area contributed by atoms with Gasteiger partial charge in [-0.25, -0.2) is 13.1 Å². The summed E-state index contributed by atoms with van der Waals surface area (Å²) >= 11 is 0. The number of aromatic nitrogens is 4. The molecule has 152 valence electrons. The fraction of sp³-hybridized carbons (Fsp3) is 0.125. The lowest BCUT2D eigenvalue weighted by Crippen LogP contribution is -2.29. The molecule has 0 aliphatic rings. The van der Waals surface area contributed by atoms with Crippen molar-refractivity contribution in [1.82, 2.24) is 20.2 Å². The number of amides is 1. The Hall–Kier alpha value is -3.48. The highest BCUT2D eigenvalue weighted by Crippen LogP contribution is 2.23. The van der Waals surface area contributed by atoms with Crippen LogP contribution in [0.5, 0.6) is 0 Å². The first-order chi connectivity index (χ1) is 13.6. The van der Waals surface area contributed by atoms with Crippen molar-refractivity contribution in [2.45, 2.75) is 18.0 Å². The lowest BCUT2D eigenvalue weighted by Gasteiger charge is -2.12. The molecule has 29 heavy (non-hydrogen) atoms. The maximum atomic E-state index is 12.5. The number of halogens is 3. The third kappa shape index (κ3) is 4.68. The number of tetrazole rings is 1. The summed E-state index contributed by atoms with van der Waals surface area (Å²) in [6, 6.07) is 8.99. The highest BCUT2D eigenvalue weighted by atomic mass is 32.2. The second-order valence-corrected chi connectivity index (χ2v) is 7.52. The zero-order valence-electron chi connectivity index (χ0n) is 14.7. The van der Waals surface area contributed by atoms with Gasteiger partial charge in [0.2, 0.25) is 0 Å². The van der Waals surface area contributed by atoms with Crippen LogP contribution in [-0.4, -0.2) is 40.7 Å². The molecule has 1 aromatic heterocycles. The van der Waals surface area contributed by atoms with Crippen molar-refractivity contribution in [1.29, 1.82) is 0 Å². The second kappa shape index (κ2) is 7.50. The number of anilines is 2. The van der Waals surface area contributed by atoms with Crippen LogP contribution in [0.1, 0.15) is 5.56 Å². The molecule has 0 spiro atoms. The molecule has 13 heteroatoms. The molecule has 0 saturated heterocycles. The molecule has 0 saturated carbocycles. The largest absolute Gasteiger partial charge is 0.471 e. The van der Waals surface area contributed by atoms with Gasteiger partial charge in [0.25, 0.3) is 10.0 Å². The van der Waals surface area contributed by atoms with E-state index in [1.807, 2.05) is 0 Å². The number of nitrogens with zero attached hydrogens (tertiary/aromatic N) is 4. The lowest BCUT2D eigenvalue weighted by molar-refractivity contribution is -0.167. The summed E-state index contributed by atoms with van der Waals surface area (Å²) < 4.78 is 65.6. The molecule has 2 aromatic carbocycles. The molecule has 0 fully saturated rings. The van der Waals surface area contributed by atoms with Gasteiger partial charge in [0, 0.05) is 11.4 Å². The molecule has 9 nitrogen and oxygen atoms in total. The summed E-state index contributed by atoms with van der Waals surface area (Å²) in [4.78, 5) is 10.7. The highest BCUT2D eigenvalue weighted by molar-refractivity contribution is 7.92. The van der Waals surface area contributed by atoms with Gasteiger partial charge in [-0.15, -0.1) is 5.10 Å². The average Bonchev–Trinajstić information content (AvgIpc) is 3.15. The van der Waals surface area contributed by atoms with Crippen LogP contribution in [0.3, 0.4) is 0 Å². The predicted molar refractivity (Wildman–Crippen MR) is 95.8 cm³/mol. The molecule has 0 aliphatic heterocycles. The van der Waals surface area contributed by atoms with Crippen LogP contribution in [0.4, 0.5) is 24.5 Å². The monoisotopic (exact) mass is 426 g/mol. The zero-order chi connectivity index (χ0) is 21.2. The fourth-order valence-corrected chi connectivity index (χ4v) is 3.43. The number of nitrogens with one attached hydrogen (secondary N) is 2. The molecule has 0 atom stereocenters. The van der Waals surface area contributed by atoms with Gasteiger partial charge in [-0.3, -0.25) is 9.52 Å². The van der Waals surface area contributed by atoms with Gasteiger partial charge in [-0.2, -0.15) is 13.2 Å². The van der Waals surface area contributed by atoms with Gasteiger partial charge in [0.05, 0.1) is 10.6 Å². The van der Waals surface area contributed by atoms with E-state index in [2.05, 4.69) is 20.2 Å². The number of hydrogen-bond acceptors (Lipinski definition) is 6. The van der Waals surface area contributed by atoms with Crippen LogP contribution < -0.4 is 10.0 Å². The first kappa shape index (κ1) is 20.3. The van der Waals surface area contributed by atoms with Crippen molar-refractivity contribution in [3.63, 3.8) is 0 Å². The summed E-state index contributed by atoms with van der Waals surface area (Å²) in [6.45, 7) is 1.74. The molecule has 3 aromatic rings. The quantitative estimate of drug-likeness (QED) is 0.646. The molecule has 2 N–H and O–H groups in total. The minimum atomic E-state index is -5.04. The Morgan fingerprint density at radius 3 is 2.28 bits per heavy atom. The molecular weight excluding hydrogens is 413 g/mol. The highest BCUT2D eigenvalue weighted by Gasteiger charge is 2.38. The molecular formula is C16H13F3N6O3S. The molecule has 1 amide bonds. The van der Waals surface area contributed by atoms with Crippen LogP contribution in [0.2, 0.25) is 0 Å². The topological polar surface area (TPSA) is 119 Å². The number of sulfonamides is 1. The Bertz CT molecular complexity index is 1130. The summed E-state index contributed by atoms with van der Waals surface area (Å²) in [7, 11) is -4.00. The van der Waals surface area contributed by atoms with E-state index in [0.29, 0.717) is 11.3 Å². The molecule has 1 heterocycles. The van der Waals surface area contributed by atoms with E-state index >= 15 is 0 Å². The summed E-state index contributed by atoms with van der Waals surface area (Å²) in [5.74, 6) is -2.15. The number of rotatable bonds is 5. The first-order valence-electron chi connectivity index (χ1n) is 7.91. The maximum Gasteiger partial charge on any atom is 0.471 e. The van der Waals surface area contributed by atoms with Gasteiger partial charge >= 0.3 is 12.1 Å². The Balaban J connectivity index is 1.76. The van der Waals surface area contributed by atoms with Crippen molar-refractivity contribution in [3.8, 4) is 5.69 Å². The first-order valence-corrected chi connectivity index (χ1v) is 9.40. The molecule has 0 radical (unpaired) electrons. The number of alkyl halides is 3. The number of carbonyl (C=O) groups excluding carboxylic acids is 1. The minimum Gasteiger partial charge on any atom is -0.318 e. The Kier molecular flexibility index (Phi) is 5.24. The van der Waals surface area contributed by atoms with Crippen molar-refractivity contribution < 1.29 is 26.4 Å². The van der Waals surface area contributed by atoms with Crippen molar-refractivity contribution in [3.05, 3.63) is 54.4 Å². The van der Waals surface area contributed by atoms with E-state index in [1.165, 1.54) is 17.1 Å². The number of carbonyl (C=O) groups is 1. The standard InChI is InChI=1S/C16H13F3N6O3S/c1-10-8-12(4-7-14(10)25-9-20-23-24-25)22-29(27,28)13-5-2-11(3-6-13)21-15(26)16(17,18)19/h2-9,22H,1H3,(H,21,26). The SMILES string of the molecule is Cc1cc(NS(=O)(=O)c2ccc(NC(=O)C(F)(F)F)cc2)ccc1-n1cnnn1. The van der Waals surface area contributed by atoms with Crippen molar-refractivity contribution in [2.75, 3.05) is 10.0 Å². The Labute approximate surface area is 162 Å². The summed E-state index contributed by atoms with van der Waals surface area (Å²) in [5.41, 5.74) is 1.44. The summed E-state index contributed by atoms with van der Waals surface area (Å²) in [6.07, 6.45) is -3.65. The summed E-state index contributed by atoms with van der Waals surface area (Å²) in [5, 5.41) is 12.5. The van der Waals surface area contributed by atoms with E-state index in [0.717, 1.165) is 24.3 Å².